The quantitative estimate of drug-likeness (QED) is 0.924. The molecule has 1 saturated heterocycles. The van der Waals surface area contributed by atoms with Crippen LogP contribution in [0.1, 0.15) is 37.8 Å². The van der Waals surface area contributed by atoms with Crippen molar-refractivity contribution in [2.24, 2.45) is 0 Å². The zero-order valence-corrected chi connectivity index (χ0v) is 11.8. The number of fused-ring (bicyclic) bond motifs is 1. The van der Waals surface area contributed by atoms with Gasteiger partial charge in [0, 0.05) is 37.8 Å². The van der Waals surface area contributed by atoms with E-state index in [1.165, 1.54) is 25.7 Å². The number of nitrogens with zero attached hydrogens (tertiary/aromatic N) is 4. The summed E-state index contributed by atoms with van der Waals surface area (Å²) in [5.41, 5.74) is 1.06. The van der Waals surface area contributed by atoms with Crippen molar-refractivity contribution in [2.75, 3.05) is 13.2 Å². The molecule has 0 aromatic carbocycles. The largest absolute Gasteiger partial charge is 0.396 e. The predicted molar refractivity (Wildman–Crippen MR) is 77.4 cm³/mol. The van der Waals surface area contributed by atoms with E-state index in [4.69, 9.17) is 0 Å². The maximum atomic E-state index is 9.25. The van der Waals surface area contributed by atoms with Crippen LogP contribution >= 0.6 is 0 Å². The molecule has 2 aromatic heterocycles. The second-order valence-electron chi connectivity index (χ2n) is 5.55. The van der Waals surface area contributed by atoms with Gasteiger partial charge in [0.25, 0.3) is 0 Å². The first-order valence-electron chi connectivity index (χ1n) is 7.50. The van der Waals surface area contributed by atoms with Crippen molar-refractivity contribution in [3.05, 3.63) is 30.4 Å². The summed E-state index contributed by atoms with van der Waals surface area (Å²) < 4.78 is 1.97. The minimum absolute atomic E-state index is 0.272. The van der Waals surface area contributed by atoms with Crippen molar-refractivity contribution in [2.45, 2.75) is 44.7 Å². The summed E-state index contributed by atoms with van der Waals surface area (Å²) in [4.78, 5) is 11.3. The minimum Gasteiger partial charge on any atom is -0.396 e. The van der Waals surface area contributed by atoms with E-state index >= 15 is 0 Å². The standard InChI is InChI=1S/C15H22N4O/c20-10-6-14-5-2-1-3-8-18(14)11-13-12-19-9-4-7-16-15(19)17-13/h4,7,9,12,14,20H,1-3,5-6,8,10-11H2/t14-/m1/s1. The highest BCUT2D eigenvalue weighted by Gasteiger charge is 2.21. The lowest BCUT2D eigenvalue weighted by atomic mass is 10.1. The average Bonchev–Trinajstić information content (AvgIpc) is 2.74. The molecule has 5 nitrogen and oxygen atoms in total. The normalized spacial score (nSPS) is 21.1. The summed E-state index contributed by atoms with van der Waals surface area (Å²) in [5.74, 6) is 0.760. The molecule has 108 valence electrons. The highest BCUT2D eigenvalue weighted by atomic mass is 16.3. The monoisotopic (exact) mass is 274 g/mol. The minimum atomic E-state index is 0.272. The smallest absolute Gasteiger partial charge is 0.233 e. The lowest BCUT2D eigenvalue weighted by molar-refractivity contribution is 0.150. The Morgan fingerprint density at radius 2 is 2.25 bits per heavy atom. The summed E-state index contributed by atoms with van der Waals surface area (Å²) in [7, 11) is 0. The van der Waals surface area contributed by atoms with Gasteiger partial charge in [-0.2, -0.15) is 0 Å². The molecule has 0 spiro atoms. The van der Waals surface area contributed by atoms with Crippen LogP contribution in [0, 0.1) is 0 Å². The third-order valence-electron chi connectivity index (χ3n) is 4.11. The Balaban J connectivity index is 1.76. The molecule has 1 N–H and O–H groups in total. The third-order valence-corrected chi connectivity index (χ3v) is 4.11. The molecule has 5 heteroatoms. The first kappa shape index (κ1) is 13.5. The Kier molecular flexibility index (Phi) is 4.28. The molecule has 1 aliphatic heterocycles. The zero-order valence-electron chi connectivity index (χ0n) is 11.8. The van der Waals surface area contributed by atoms with Gasteiger partial charge in [-0.1, -0.05) is 12.8 Å². The molecular weight excluding hydrogens is 252 g/mol. The fourth-order valence-corrected chi connectivity index (χ4v) is 3.08. The maximum Gasteiger partial charge on any atom is 0.233 e. The number of aliphatic hydroxyl groups excluding tert-OH is 1. The summed E-state index contributed by atoms with van der Waals surface area (Å²) >= 11 is 0. The van der Waals surface area contributed by atoms with E-state index in [9.17, 15) is 5.11 Å². The molecular formula is C15H22N4O. The number of hydrogen-bond donors (Lipinski definition) is 1. The van der Waals surface area contributed by atoms with Crippen LogP contribution in [0.4, 0.5) is 0 Å². The lowest BCUT2D eigenvalue weighted by Gasteiger charge is -2.28. The number of aromatic nitrogens is 3. The fourth-order valence-electron chi connectivity index (χ4n) is 3.08. The molecule has 0 unspecified atom stereocenters. The van der Waals surface area contributed by atoms with Gasteiger partial charge in [-0.3, -0.25) is 9.30 Å². The van der Waals surface area contributed by atoms with Gasteiger partial charge in [0.1, 0.15) is 0 Å². The van der Waals surface area contributed by atoms with Crippen LogP contribution in [-0.4, -0.2) is 43.6 Å². The van der Waals surface area contributed by atoms with Crippen molar-refractivity contribution >= 4 is 5.78 Å². The molecule has 1 fully saturated rings. The topological polar surface area (TPSA) is 53.7 Å². The van der Waals surface area contributed by atoms with Crippen LogP contribution < -0.4 is 0 Å². The highest BCUT2D eigenvalue weighted by Crippen LogP contribution is 2.21. The summed E-state index contributed by atoms with van der Waals surface area (Å²) in [6, 6.07) is 2.40. The van der Waals surface area contributed by atoms with Gasteiger partial charge in [-0.25, -0.2) is 9.97 Å². The predicted octanol–water partition coefficient (Wildman–Crippen LogP) is 1.86. The van der Waals surface area contributed by atoms with Crippen LogP contribution in [0.2, 0.25) is 0 Å². The second-order valence-corrected chi connectivity index (χ2v) is 5.55. The Morgan fingerprint density at radius 3 is 3.10 bits per heavy atom. The molecule has 0 amide bonds. The molecule has 0 radical (unpaired) electrons. The van der Waals surface area contributed by atoms with Crippen LogP contribution in [0.3, 0.4) is 0 Å². The zero-order chi connectivity index (χ0) is 13.8. The van der Waals surface area contributed by atoms with E-state index in [2.05, 4.69) is 21.1 Å². The van der Waals surface area contributed by atoms with Gasteiger partial charge in [-0.05, 0) is 31.9 Å². The molecule has 3 rings (SSSR count). The lowest BCUT2D eigenvalue weighted by Crippen LogP contribution is -2.35. The van der Waals surface area contributed by atoms with E-state index in [0.717, 1.165) is 31.0 Å². The van der Waals surface area contributed by atoms with Crippen LogP contribution in [0.15, 0.2) is 24.7 Å². The van der Waals surface area contributed by atoms with Crippen molar-refractivity contribution in [3.63, 3.8) is 0 Å². The number of aliphatic hydroxyl groups is 1. The summed E-state index contributed by atoms with van der Waals surface area (Å²) in [6.45, 7) is 2.23. The first-order chi connectivity index (χ1) is 9.86. The molecule has 3 heterocycles. The van der Waals surface area contributed by atoms with Gasteiger partial charge in [0.05, 0.1) is 5.69 Å². The van der Waals surface area contributed by atoms with Gasteiger partial charge < -0.3 is 5.11 Å². The molecule has 0 bridgehead atoms. The number of imidazole rings is 1. The van der Waals surface area contributed by atoms with Gasteiger partial charge >= 0.3 is 0 Å². The number of likely N-dealkylation sites (tertiary alicyclic amines) is 1. The first-order valence-corrected chi connectivity index (χ1v) is 7.50. The maximum absolute atomic E-state index is 9.25. The van der Waals surface area contributed by atoms with Crippen molar-refractivity contribution in [1.29, 1.82) is 0 Å². The third kappa shape index (κ3) is 2.99. The fraction of sp³-hybridized carbons (Fsp3) is 0.600. The van der Waals surface area contributed by atoms with Gasteiger partial charge in [0.2, 0.25) is 5.78 Å². The van der Waals surface area contributed by atoms with Crippen molar-refractivity contribution < 1.29 is 5.11 Å². The summed E-state index contributed by atoms with van der Waals surface area (Å²) in [5, 5.41) is 9.25. The molecule has 0 aliphatic carbocycles. The Hall–Kier alpha value is -1.46. The number of rotatable bonds is 4. The van der Waals surface area contributed by atoms with Gasteiger partial charge in [0.15, 0.2) is 0 Å². The Bertz CT molecular complexity index is 521. The average molecular weight is 274 g/mol. The van der Waals surface area contributed by atoms with E-state index in [-0.39, 0.29) is 6.61 Å². The van der Waals surface area contributed by atoms with Crippen LogP contribution in [0.5, 0.6) is 0 Å². The van der Waals surface area contributed by atoms with E-state index in [0.29, 0.717) is 6.04 Å². The highest BCUT2D eigenvalue weighted by molar-refractivity contribution is 5.29. The second kappa shape index (κ2) is 6.33. The molecule has 20 heavy (non-hydrogen) atoms. The van der Waals surface area contributed by atoms with E-state index in [1.54, 1.807) is 6.20 Å². The molecule has 2 aromatic rings. The van der Waals surface area contributed by atoms with Gasteiger partial charge in [-0.15, -0.1) is 0 Å². The SMILES string of the molecule is OCC[C@H]1CCCCCN1Cc1cn2cccnc2n1. The molecule has 1 aliphatic rings. The van der Waals surface area contributed by atoms with Crippen LogP contribution in [-0.2, 0) is 6.54 Å². The Labute approximate surface area is 119 Å². The van der Waals surface area contributed by atoms with E-state index in [1.807, 2.05) is 16.7 Å². The summed E-state index contributed by atoms with van der Waals surface area (Å²) in [6.07, 6.45) is 11.7. The van der Waals surface area contributed by atoms with Crippen molar-refractivity contribution in [1.82, 2.24) is 19.3 Å². The number of hydrogen-bond acceptors (Lipinski definition) is 4. The molecule has 0 saturated carbocycles. The molecule has 1 atom stereocenters. The van der Waals surface area contributed by atoms with Crippen molar-refractivity contribution in [3.8, 4) is 0 Å². The Morgan fingerprint density at radius 1 is 1.30 bits per heavy atom. The van der Waals surface area contributed by atoms with E-state index < -0.39 is 0 Å². The van der Waals surface area contributed by atoms with Crippen LogP contribution in [0.25, 0.3) is 5.78 Å².